The lowest BCUT2D eigenvalue weighted by Gasteiger charge is -2.16. The maximum Gasteiger partial charge on any atom is 0.241 e. The third kappa shape index (κ3) is 3.36. The van der Waals surface area contributed by atoms with E-state index in [4.69, 9.17) is 11.6 Å². The molecule has 1 aromatic carbocycles. The van der Waals surface area contributed by atoms with Crippen LogP contribution in [0.2, 0.25) is 5.02 Å². The molecule has 1 heterocycles. The van der Waals surface area contributed by atoms with Gasteiger partial charge in [0.1, 0.15) is 0 Å². The molecular formula is C12H14BrClN2O. The van der Waals surface area contributed by atoms with Crippen molar-refractivity contribution in [1.29, 1.82) is 0 Å². The fraction of sp³-hybridized carbons (Fsp3) is 0.417. The summed E-state index contributed by atoms with van der Waals surface area (Å²) in [4.78, 5) is 13.7. The Kier molecular flexibility index (Phi) is 4.29. The molecule has 1 saturated heterocycles. The summed E-state index contributed by atoms with van der Waals surface area (Å²) in [6, 6.07) is 5.55. The zero-order chi connectivity index (χ0) is 12.3. The van der Waals surface area contributed by atoms with Crippen LogP contribution in [0, 0.1) is 0 Å². The highest BCUT2D eigenvalue weighted by molar-refractivity contribution is 9.10. The van der Waals surface area contributed by atoms with Crippen LogP contribution in [0.1, 0.15) is 12.8 Å². The topological polar surface area (TPSA) is 32.3 Å². The van der Waals surface area contributed by atoms with Gasteiger partial charge in [-0.15, -0.1) is 0 Å². The van der Waals surface area contributed by atoms with Gasteiger partial charge < -0.3 is 10.2 Å². The SMILES string of the molecule is O=C(CNc1cc(Br)ccc1Cl)N1CCCC1. The van der Waals surface area contributed by atoms with E-state index in [0.29, 0.717) is 11.6 Å². The molecule has 0 bridgehead atoms. The quantitative estimate of drug-likeness (QED) is 0.929. The molecule has 92 valence electrons. The minimum Gasteiger partial charge on any atom is -0.375 e. The molecule has 5 heteroatoms. The number of rotatable bonds is 3. The van der Waals surface area contributed by atoms with Gasteiger partial charge in [0, 0.05) is 17.6 Å². The van der Waals surface area contributed by atoms with Crippen molar-refractivity contribution in [2.45, 2.75) is 12.8 Å². The molecule has 0 unspecified atom stereocenters. The van der Waals surface area contributed by atoms with Crippen molar-refractivity contribution in [3.63, 3.8) is 0 Å². The number of hydrogen-bond acceptors (Lipinski definition) is 2. The number of likely N-dealkylation sites (tertiary alicyclic amines) is 1. The van der Waals surface area contributed by atoms with Gasteiger partial charge in [-0.3, -0.25) is 4.79 Å². The van der Waals surface area contributed by atoms with Crippen molar-refractivity contribution < 1.29 is 4.79 Å². The van der Waals surface area contributed by atoms with Gasteiger partial charge in [0.2, 0.25) is 5.91 Å². The normalized spacial score (nSPS) is 15.1. The largest absolute Gasteiger partial charge is 0.375 e. The Balaban J connectivity index is 1.92. The summed E-state index contributed by atoms with van der Waals surface area (Å²) in [5, 5.41) is 3.70. The summed E-state index contributed by atoms with van der Waals surface area (Å²) < 4.78 is 0.943. The molecule has 1 amide bonds. The van der Waals surface area contributed by atoms with Crippen molar-refractivity contribution in [3.05, 3.63) is 27.7 Å². The fourth-order valence-electron chi connectivity index (χ4n) is 1.88. The average Bonchev–Trinajstić information content (AvgIpc) is 2.83. The van der Waals surface area contributed by atoms with E-state index in [1.807, 2.05) is 17.0 Å². The lowest BCUT2D eigenvalue weighted by Crippen LogP contribution is -2.33. The van der Waals surface area contributed by atoms with E-state index in [1.54, 1.807) is 6.07 Å². The number of nitrogens with one attached hydrogen (secondary N) is 1. The molecule has 1 aromatic rings. The van der Waals surface area contributed by atoms with E-state index in [1.165, 1.54) is 0 Å². The van der Waals surface area contributed by atoms with Crippen LogP contribution in [0.25, 0.3) is 0 Å². The van der Waals surface area contributed by atoms with Gasteiger partial charge in [-0.1, -0.05) is 27.5 Å². The Bertz CT molecular complexity index is 419. The molecule has 0 aromatic heterocycles. The van der Waals surface area contributed by atoms with E-state index < -0.39 is 0 Å². The molecule has 0 saturated carbocycles. The number of carbonyl (C=O) groups excluding carboxylic acids is 1. The van der Waals surface area contributed by atoms with Crippen LogP contribution in [0.5, 0.6) is 0 Å². The number of amides is 1. The molecule has 17 heavy (non-hydrogen) atoms. The maximum atomic E-state index is 11.8. The highest BCUT2D eigenvalue weighted by Gasteiger charge is 2.17. The number of halogens is 2. The summed E-state index contributed by atoms with van der Waals surface area (Å²) in [5.74, 6) is 0.138. The molecule has 0 spiro atoms. The van der Waals surface area contributed by atoms with Crippen LogP contribution in [-0.2, 0) is 4.79 Å². The van der Waals surface area contributed by atoms with Crippen molar-refractivity contribution in [2.24, 2.45) is 0 Å². The summed E-state index contributed by atoms with van der Waals surface area (Å²) in [5.41, 5.74) is 0.786. The smallest absolute Gasteiger partial charge is 0.241 e. The lowest BCUT2D eigenvalue weighted by atomic mass is 10.3. The third-order valence-corrected chi connectivity index (χ3v) is 3.64. The Morgan fingerprint density at radius 1 is 1.41 bits per heavy atom. The van der Waals surface area contributed by atoms with Crippen LogP contribution in [0.4, 0.5) is 5.69 Å². The van der Waals surface area contributed by atoms with E-state index in [-0.39, 0.29) is 5.91 Å². The lowest BCUT2D eigenvalue weighted by molar-refractivity contribution is -0.128. The van der Waals surface area contributed by atoms with Crippen LogP contribution in [0.15, 0.2) is 22.7 Å². The number of nitrogens with zero attached hydrogens (tertiary/aromatic N) is 1. The van der Waals surface area contributed by atoms with Crippen LogP contribution < -0.4 is 5.32 Å². The zero-order valence-electron chi connectivity index (χ0n) is 9.38. The number of carbonyl (C=O) groups is 1. The first-order valence-electron chi connectivity index (χ1n) is 5.63. The van der Waals surface area contributed by atoms with Gasteiger partial charge in [0.25, 0.3) is 0 Å². The molecule has 0 aliphatic carbocycles. The fourth-order valence-corrected chi connectivity index (χ4v) is 2.43. The Labute approximate surface area is 114 Å². The average molecular weight is 318 g/mol. The number of benzene rings is 1. The van der Waals surface area contributed by atoms with E-state index >= 15 is 0 Å². The van der Waals surface area contributed by atoms with Gasteiger partial charge in [-0.05, 0) is 31.0 Å². The Morgan fingerprint density at radius 3 is 2.82 bits per heavy atom. The van der Waals surface area contributed by atoms with Crippen molar-refractivity contribution in [3.8, 4) is 0 Å². The van der Waals surface area contributed by atoms with Gasteiger partial charge in [0.05, 0.1) is 17.3 Å². The van der Waals surface area contributed by atoms with E-state index in [2.05, 4.69) is 21.2 Å². The minimum absolute atomic E-state index is 0.138. The van der Waals surface area contributed by atoms with E-state index in [9.17, 15) is 4.79 Å². The molecule has 0 radical (unpaired) electrons. The summed E-state index contributed by atoms with van der Waals surface area (Å²) in [7, 11) is 0. The Hall–Kier alpha value is -0.740. The number of hydrogen-bond donors (Lipinski definition) is 1. The van der Waals surface area contributed by atoms with Crippen molar-refractivity contribution in [1.82, 2.24) is 4.90 Å². The number of anilines is 1. The zero-order valence-corrected chi connectivity index (χ0v) is 11.7. The third-order valence-electron chi connectivity index (χ3n) is 2.82. The molecular weight excluding hydrogens is 304 g/mol. The minimum atomic E-state index is 0.138. The summed E-state index contributed by atoms with van der Waals surface area (Å²) in [6.07, 6.45) is 2.23. The van der Waals surface area contributed by atoms with Crippen LogP contribution in [-0.4, -0.2) is 30.4 Å². The molecule has 1 N–H and O–H groups in total. The highest BCUT2D eigenvalue weighted by Crippen LogP contribution is 2.25. The monoisotopic (exact) mass is 316 g/mol. The van der Waals surface area contributed by atoms with Gasteiger partial charge in [-0.2, -0.15) is 0 Å². The maximum absolute atomic E-state index is 11.8. The van der Waals surface area contributed by atoms with Crippen molar-refractivity contribution in [2.75, 3.05) is 25.0 Å². The van der Waals surface area contributed by atoms with Gasteiger partial charge >= 0.3 is 0 Å². The highest BCUT2D eigenvalue weighted by atomic mass is 79.9. The van der Waals surface area contributed by atoms with Crippen molar-refractivity contribution >= 4 is 39.1 Å². The molecule has 1 aliphatic heterocycles. The van der Waals surface area contributed by atoms with E-state index in [0.717, 1.165) is 36.1 Å². The first-order valence-corrected chi connectivity index (χ1v) is 6.80. The second-order valence-corrected chi connectivity index (χ2v) is 5.39. The summed E-state index contributed by atoms with van der Waals surface area (Å²) in [6.45, 7) is 2.07. The Morgan fingerprint density at radius 2 is 2.12 bits per heavy atom. The summed E-state index contributed by atoms with van der Waals surface area (Å²) >= 11 is 9.41. The van der Waals surface area contributed by atoms with Gasteiger partial charge in [0.15, 0.2) is 0 Å². The standard InChI is InChI=1S/C12H14BrClN2O/c13-9-3-4-10(14)11(7-9)15-8-12(17)16-5-1-2-6-16/h3-4,7,15H,1-2,5-6,8H2. The van der Waals surface area contributed by atoms with Crippen LogP contribution in [0.3, 0.4) is 0 Å². The second-order valence-electron chi connectivity index (χ2n) is 4.07. The molecule has 1 aliphatic rings. The predicted molar refractivity (Wildman–Crippen MR) is 73.5 cm³/mol. The molecule has 1 fully saturated rings. The molecule has 0 atom stereocenters. The molecule has 2 rings (SSSR count). The van der Waals surface area contributed by atoms with Gasteiger partial charge in [-0.25, -0.2) is 0 Å². The predicted octanol–water partition coefficient (Wildman–Crippen LogP) is 3.14. The second kappa shape index (κ2) is 5.74. The molecule has 3 nitrogen and oxygen atoms in total. The van der Waals surface area contributed by atoms with Crippen LogP contribution >= 0.6 is 27.5 Å². The first-order chi connectivity index (χ1) is 8.16. The first kappa shape index (κ1) is 12.7.